The van der Waals surface area contributed by atoms with Crippen LogP contribution in [0.25, 0.3) is 0 Å². The molecule has 0 aromatic carbocycles. The van der Waals surface area contributed by atoms with E-state index in [1.807, 2.05) is 27.2 Å². The van der Waals surface area contributed by atoms with Gasteiger partial charge >= 0.3 is 5.97 Å². The van der Waals surface area contributed by atoms with Gasteiger partial charge in [0.05, 0.1) is 34.0 Å². The molecule has 0 heterocycles. The van der Waals surface area contributed by atoms with Gasteiger partial charge in [0.2, 0.25) is 0 Å². The highest BCUT2D eigenvalue weighted by atomic mass is 31.2. The Kier molecular flexibility index (Phi) is 36.9. The molecular weight excluding hydrogens is 685 g/mol. The zero-order valence-electron chi connectivity index (χ0n) is 35.5. The Labute approximate surface area is 328 Å². The Morgan fingerprint density at radius 3 is 1.47 bits per heavy atom. The lowest BCUT2D eigenvalue weighted by atomic mass is 10.0. The van der Waals surface area contributed by atoms with E-state index >= 15 is 0 Å². The predicted octanol–water partition coefficient (Wildman–Crippen LogP) is 12.5. The summed E-state index contributed by atoms with van der Waals surface area (Å²) in [4.78, 5) is 25.0. The Bertz CT molecular complexity index is 905. The minimum absolute atomic E-state index is 0.0173. The monoisotopic (exact) mass is 772 g/mol. The van der Waals surface area contributed by atoms with Gasteiger partial charge in [0.15, 0.2) is 6.10 Å². The lowest BCUT2D eigenvalue weighted by molar-refractivity contribution is -0.870. The molecule has 0 saturated heterocycles. The average Bonchev–Trinajstić information content (AvgIpc) is 3.11. The maximum absolute atomic E-state index is 12.6. The van der Waals surface area contributed by atoms with Crippen molar-refractivity contribution in [1.82, 2.24) is 0 Å². The number of rotatable bonds is 41. The quantitative estimate of drug-likeness (QED) is 0.0152. The highest BCUT2D eigenvalue weighted by Crippen LogP contribution is 2.38. The van der Waals surface area contributed by atoms with Crippen LogP contribution in [-0.2, 0) is 27.9 Å². The molecule has 0 aromatic heterocycles. The van der Waals surface area contributed by atoms with Gasteiger partial charge in [-0.2, -0.15) is 0 Å². The molecule has 0 aliphatic carbocycles. The fraction of sp³-hybridized carbons (Fsp3) is 0.886. The molecular formula is C44H86NO7P. The second-order valence-electron chi connectivity index (χ2n) is 16.1. The number of esters is 1. The fourth-order valence-electron chi connectivity index (χ4n) is 6.09. The van der Waals surface area contributed by atoms with E-state index in [1.54, 1.807) is 6.26 Å². The Morgan fingerprint density at radius 1 is 0.585 bits per heavy atom. The molecule has 0 aliphatic rings. The second kappa shape index (κ2) is 37.7. The zero-order chi connectivity index (χ0) is 39.1. The van der Waals surface area contributed by atoms with E-state index in [4.69, 9.17) is 18.5 Å². The van der Waals surface area contributed by atoms with Gasteiger partial charge in [-0.15, -0.1) is 0 Å². The Balaban J connectivity index is 4.27. The number of carbonyl (C=O) groups excluding carboxylic acids is 1. The number of likely N-dealkylation sites (N-methyl/N-ethyl adjacent to an activating group) is 1. The van der Waals surface area contributed by atoms with Gasteiger partial charge in [-0.05, 0) is 51.0 Å². The van der Waals surface area contributed by atoms with Crippen LogP contribution >= 0.6 is 7.82 Å². The van der Waals surface area contributed by atoms with Crippen LogP contribution in [0.5, 0.6) is 0 Å². The van der Waals surface area contributed by atoms with Crippen LogP contribution in [0.3, 0.4) is 0 Å². The zero-order valence-corrected chi connectivity index (χ0v) is 36.4. The van der Waals surface area contributed by atoms with Crippen molar-refractivity contribution >= 4 is 13.8 Å². The molecule has 0 aliphatic heterocycles. The van der Waals surface area contributed by atoms with Crippen LogP contribution in [0.2, 0.25) is 0 Å². The van der Waals surface area contributed by atoms with E-state index in [2.05, 4.69) is 26.0 Å². The van der Waals surface area contributed by atoms with Crippen molar-refractivity contribution in [3.05, 3.63) is 24.5 Å². The summed E-state index contributed by atoms with van der Waals surface area (Å²) in [7, 11) is 1.33. The maximum Gasteiger partial charge on any atom is 0.306 e. The second-order valence-corrected chi connectivity index (χ2v) is 17.5. The smallest absolute Gasteiger partial charge is 0.306 e. The number of hydrogen-bond donors (Lipinski definition) is 0. The van der Waals surface area contributed by atoms with E-state index < -0.39 is 13.9 Å². The highest BCUT2D eigenvalue weighted by Gasteiger charge is 2.20. The molecule has 0 radical (unpaired) electrons. The molecule has 0 bridgehead atoms. The van der Waals surface area contributed by atoms with Gasteiger partial charge in [0, 0.05) is 6.42 Å². The number of quaternary nitrogens is 1. The molecule has 0 amide bonds. The summed E-state index contributed by atoms with van der Waals surface area (Å²) in [5.41, 5.74) is 0. The highest BCUT2D eigenvalue weighted by molar-refractivity contribution is 7.45. The molecule has 2 atom stereocenters. The molecule has 0 spiro atoms. The van der Waals surface area contributed by atoms with Crippen molar-refractivity contribution in [3.63, 3.8) is 0 Å². The van der Waals surface area contributed by atoms with E-state index in [9.17, 15) is 14.3 Å². The molecule has 9 heteroatoms. The van der Waals surface area contributed by atoms with Crippen molar-refractivity contribution in [3.8, 4) is 0 Å². The van der Waals surface area contributed by atoms with Gasteiger partial charge in [0.25, 0.3) is 7.82 Å². The molecule has 0 N–H and O–H groups in total. The largest absolute Gasteiger partial charge is 0.756 e. The van der Waals surface area contributed by atoms with E-state index in [0.717, 1.165) is 32.1 Å². The van der Waals surface area contributed by atoms with E-state index in [1.165, 1.54) is 148 Å². The van der Waals surface area contributed by atoms with Crippen molar-refractivity contribution in [1.29, 1.82) is 0 Å². The van der Waals surface area contributed by atoms with Gasteiger partial charge in [-0.1, -0.05) is 161 Å². The van der Waals surface area contributed by atoms with Crippen LogP contribution in [0.15, 0.2) is 24.5 Å². The van der Waals surface area contributed by atoms with Gasteiger partial charge < -0.3 is 27.9 Å². The summed E-state index contributed by atoms with van der Waals surface area (Å²) in [5, 5.41) is 0. The third-order valence-electron chi connectivity index (χ3n) is 9.57. The number of carbonyl (C=O) groups is 1. The summed E-state index contributed by atoms with van der Waals surface area (Å²) in [6, 6.07) is 0. The van der Waals surface area contributed by atoms with Crippen LogP contribution < -0.4 is 4.89 Å². The normalized spacial score (nSPS) is 13.9. The van der Waals surface area contributed by atoms with Crippen LogP contribution in [0.1, 0.15) is 200 Å². The summed E-state index contributed by atoms with van der Waals surface area (Å²) < 4.78 is 34.3. The van der Waals surface area contributed by atoms with Crippen LogP contribution in [0, 0.1) is 0 Å². The number of nitrogens with zero attached hydrogens (tertiary/aromatic N) is 1. The summed E-state index contributed by atoms with van der Waals surface area (Å²) in [6.45, 7) is 4.74. The summed E-state index contributed by atoms with van der Waals surface area (Å²) in [5.74, 6) is -0.359. The molecule has 53 heavy (non-hydrogen) atoms. The predicted molar refractivity (Wildman–Crippen MR) is 222 cm³/mol. The van der Waals surface area contributed by atoms with Gasteiger partial charge in [-0.3, -0.25) is 9.36 Å². The van der Waals surface area contributed by atoms with Crippen LogP contribution in [0.4, 0.5) is 0 Å². The number of phosphoric ester groups is 1. The molecule has 0 fully saturated rings. The van der Waals surface area contributed by atoms with Gasteiger partial charge in [-0.25, -0.2) is 0 Å². The average molecular weight is 772 g/mol. The first-order valence-electron chi connectivity index (χ1n) is 22.1. The topological polar surface area (TPSA) is 94.1 Å². The van der Waals surface area contributed by atoms with E-state index in [-0.39, 0.29) is 25.8 Å². The first-order chi connectivity index (χ1) is 25.6. The molecule has 1 unspecified atom stereocenters. The Morgan fingerprint density at radius 2 is 1.00 bits per heavy atom. The first-order valence-corrected chi connectivity index (χ1v) is 23.6. The van der Waals surface area contributed by atoms with Crippen molar-refractivity contribution < 1.29 is 37.3 Å². The minimum atomic E-state index is -4.54. The Hall–Kier alpha value is -1.18. The standard InChI is InChI=1S/C44H86NO7P/c1-6-8-10-12-14-16-18-20-22-24-26-28-30-32-34-36-39-49-41-43(42-51-53(47,48)50-40-38-45(3,4)5)52-44(46)37-35-33-31-29-27-25-23-21-19-17-15-13-11-9-7-2/h17,19,36,39,43H,6-16,18,20-35,37-38,40-42H2,1-5H3/b19-17+,39-36+/t43-/m1/s1. The van der Waals surface area contributed by atoms with Crippen LogP contribution in [-0.4, -0.2) is 64.1 Å². The van der Waals surface area contributed by atoms with E-state index in [0.29, 0.717) is 17.4 Å². The van der Waals surface area contributed by atoms with Gasteiger partial charge in [0.1, 0.15) is 19.8 Å². The molecule has 314 valence electrons. The number of phosphoric acid groups is 1. The summed E-state index contributed by atoms with van der Waals surface area (Å²) >= 11 is 0. The third kappa shape index (κ3) is 41.8. The number of ether oxygens (including phenoxy) is 2. The molecule has 0 saturated carbocycles. The fourth-order valence-corrected chi connectivity index (χ4v) is 6.82. The number of hydrogen-bond acceptors (Lipinski definition) is 7. The number of allylic oxidation sites excluding steroid dienone is 3. The molecule has 0 rings (SSSR count). The molecule has 8 nitrogen and oxygen atoms in total. The van der Waals surface area contributed by atoms with Crippen molar-refractivity contribution in [2.45, 2.75) is 206 Å². The lowest BCUT2D eigenvalue weighted by Gasteiger charge is -2.28. The van der Waals surface area contributed by atoms with Crippen molar-refractivity contribution in [2.24, 2.45) is 0 Å². The maximum atomic E-state index is 12.6. The van der Waals surface area contributed by atoms with Crippen molar-refractivity contribution in [2.75, 3.05) is 47.5 Å². The molecule has 0 aromatic rings. The lowest BCUT2D eigenvalue weighted by Crippen LogP contribution is -2.37. The number of unbranched alkanes of at least 4 members (excludes halogenated alkanes) is 25. The third-order valence-corrected chi connectivity index (χ3v) is 10.5. The first kappa shape index (κ1) is 51.8. The SMILES string of the molecule is CCCCCC/C=C/CCCCCCCCCC(=O)O[C@H](CO/C=C/CCCCCCCCCCCCCCCC)COP(=O)([O-])OCC[N+](C)(C)C. The summed E-state index contributed by atoms with van der Waals surface area (Å²) in [6.07, 6.45) is 42.8. The minimum Gasteiger partial charge on any atom is -0.756 e.